The maximum absolute atomic E-state index is 12.1. The van der Waals surface area contributed by atoms with Crippen LogP contribution in [0.4, 0.5) is 5.82 Å². The molecule has 0 atom stereocenters. The van der Waals surface area contributed by atoms with Crippen LogP contribution in [0.5, 0.6) is 0 Å². The number of sulfonamides is 1. The molecule has 6 heteroatoms. The van der Waals surface area contributed by atoms with Crippen LogP contribution in [0.25, 0.3) is 0 Å². The summed E-state index contributed by atoms with van der Waals surface area (Å²) in [6.07, 6.45) is 1.84. The molecule has 2 rings (SSSR count). The fourth-order valence-corrected chi connectivity index (χ4v) is 2.73. The van der Waals surface area contributed by atoms with E-state index >= 15 is 0 Å². The first kappa shape index (κ1) is 15.7. The van der Waals surface area contributed by atoms with Crippen molar-refractivity contribution in [1.82, 2.24) is 0 Å². The molecule has 0 spiro atoms. The molecule has 0 aliphatic rings. The summed E-state index contributed by atoms with van der Waals surface area (Å²) in [6.45, 7) is 2.66. The summed E-state index contributed by atoms with van der Waals surface area (Å²) in [5.41, 5.74) is 0. The van der Waals surface area contributed by atoms with E-state index in [0.717, 1.165) is 0 Å². The van der Waals surface area contributed by atoms with Crippen LogP contribution in [-0.4, -0.2) is 8.42 Å². The van der Waals surface area contributed by atoms with E-state index in [0.29, 0.717) is 12.4 Å². The molecular formula is C13H15BrN2O2S. The molecule has 0 unspecified atom stereocenters. The van der Waals surface area contributed by atoms with Crippen molar-refractivity contribution in [3.05, 3.63) is 54.7 Å². The predicted octanol–water partition coefficient (Wildman–Crippen LogP) is -1.20. The quantitative estimate of drug-likeness (QED) is 0.709. The van der Waals surface area contributed by atoms with Crippen LogP contribution in [0, 0.1) is 0 Å². The minimum Gasteiger partial charge on any atom is -1.00 e. The number of rotatable bonds is 4. The molecule has 0 bridgehead atoms. The van der Waals surface area contributed by atoms with Gasteiger partial charge in [0.25, 0.3) is 5.82 Å². The lowest BCUT2D eigenvalue weighted by molar-refractivity contribution is -0.679. The van der Waals surface area contributed by atoms with Gasteiger partial charge in [-0.3, -0.25) is 0 Å². The van der Waals surface area contributed by atoms with E-state index < -0.39 is 10.0 Å². The zero-order valence-electron chi connectivity index (χ0n) is 10.5. The second-order valence-electron chi connectivity index (χ2n) is 3.79. The Morgan fingerprint density at radius 3 is 2.32 bits per heavy atom. The van der Waals surface area contributed by atoms with E-state index in [9.17, 15) is 8.42 Å². The summed E-state index contributed by atoms with van der Waals surface area (Å²) >= 11 is 0. The first-order valence-electron chi connectivity index (χ1n) is 5.70. The van der Waals surface area contributed by atoms with Gasteiger partial charge in [-0.05, 0) is 25.1 Å². The molecule has 19 heavy (non-hydrogen) atoms. The second kappa shape index (κ2) is 6.68. The average Bonchev–Trinajstić information content (AvgIpc) is 2.40. The molecule has 1 aromatic carbocycles. The molecule has 0 fully saturated rings. The average molecular weight is 343 g/mol. The zero-order valence-corrected chi connectivity index (χ0v) is 12.9. The van der Waals surface area contributed by atoms with E-state index in [1.54, 1.807) is 42.5 Å². The van der Waals surface area contributed by atoms with Crippen molar-refractivity contribution in [3.8, 4) is 0 Å². The number of nitrogens with one attached hydrogen (secondary N) is 1. The largest absolute Gasteiger partial charge is 1.00 e. The maximum atomic E-state index is 12.1. The smallest absolute Gasteiger partial charge is 0.328 e. The number of halogens is 1. The number of hydrogen-bond acceptors (Lipinski definition) is 2. The third-order valence-corrected chi connectivity index (χ3v) is 3.94. The van der Waals surface area contributed by atoms with Crippen molar-refractivity contribution in [1.29, 1.82) is 0 Å². The molecule has 0 aliphatic heterocycles. The summed E-state index contributed by atoms with van der Waals surface area (Å²) in [4.78, 5) is 0.261. The molecule has 0 amide bonds. The third kappa shape index (κ3) is 3.78. The number of aryl methyl sites for hydroxylation is 1. The van der Waals surface area contributed by atoms with Crippen LogP contribution in [0.1, 0.15) is 6.92 Å². The molecule has 0 aliphatic carbocycles. The zero-order chi connectivity index (χ0) is 13.0. The van der Waals surface area contributed by atoms with Gasteiger partial charge in [-0.1, -0.05) is 24.3 Å². The number of benzene rings is 1. The Morgan fingerprint density at radius 2 is 1.68 bits per heavy atom. The van der Waals surface area contributed by atoms with Crippen LogP contribution in [0.3, 0.4) is 0 Å². The van der Waals surface area contributed by atoms with E-state index in [4.69, 9.17) is 0 Å². The standard InChI is InChI=1S/C13H14N2O2S.BrH/c1-2-15-11-7-6-10-13(15)14-18(16,17)12-8-4-3-5-9-12;/h3-11H,2H2,1H3;1H. The van der Waals surface area contributed by atoms with Crippen molar-refractivity contribution < 1.29 is 30.0 Å². The van der Waals surface area contributed by atoms with Crippen molar-refractivity contribution in [3.63, 3.8) is 0 Å². The summed E-state index contributed by atoms with van der Waals surface area (Å²) in [7, 11) is -3.52. The van der Waals surface area contributed by atoms with Gasteiger partial charge >= 0.3 is 10.0 Å². The Balaban J connectivity index is 0.00000180. The van der Waals surface area contributed by atoms with Gasteiger partial charge in [0.2, 0.25) is 0 Å². The molecule has 1 heterocycles. The van der Waals surface area contributed by atoms with E-state index in [1.165, 1.54) is 0 Å². The van der Waals surface area contributed by atoms with Crippen LogP contribution >= 0.6 is 0 Å². The number of nitrogens with zero attached hydrogens (tertiary/aromatic N) is 1. The third-order valence-electron chi connectivity index (χ3n) is 2.57. The minimum absolute atomic E-state index is 0. The summed E-state index contributed by atoms with van der Waals surface area (Å²) < 4.78 is 28.7. The van der Waals surface area contributed by atoms with E-state index in [1.807, 2.05) is 23.8 Å². The summed E-state index contributed by atoms with van der Waals surface area (Å²) in [5, 5.41) is 0. The molecule has 1 N–H and O–H groups in total. The fourth-order valence-electron chi connectivity index (χ4n) is 1.64. The van der Waals surface area contributed by atoms with Gasteiger partial charge in [0.1, 0.15) is 4.90 Å². The van der Waals surface area contributed by atoms with E-state index in [2.05, 4.69) is 4.72 Å². The van der Waals surface area contributed by atoms with Gasteiger partial charge in [0.05, 0.1) is 12.7 Å². The van der Waals surface area contributed by atoms with Gasteiger partial charge in [0.15, 0.2) is 0 Å². The Hall–Kier alpha value is -1.40. The highest BCUT2D eigenvalue weighted by atomic mass is 79.9. The number of hydrogen-bond donors (Lipinski definition) is 1. The monoisotopic (exact) mass is 342 g/mol. The SMILES string of the molecule is CC[n+]1ccccc1NS(=O)(=O)c1ccccc1.[Br-]. The molecule has 102 valence electrons. The Kier molecular flexibility index (Phi) is 5.50. The lowest BCUT2D eigenvalue weighted by Crippen LogP contribution is -3.00. The minimum atomic E-state index is -3.52. The highest BCUT2D eigenvalue weighted by molar-refractivity contribution is 7.92. The Bertz CT molecular complexity index is 630. The summed E-state index contributed by atoms with van der Waals surface area (Å²) in [6, 6.07) is 13.7. The lowest BCUT2D eigenvalue weighted by atomic mass is 10.4. The number of aromatic nitrogens is 1. The van der Waals surface area contributed by atoms with Gasteiger partial charge in [0, 0.05) is 6.07 Å². The first-order valence-corrected chi connectivity index (χ1v) is 7.18. The molecule has 1 aromatic heterocycles. The molecule has 0 radical (unpaired) electrons. The van der Waals surface area contributed by atoms with Crippen LogP contribution in [0.15, 0.2) is 59.6 Å². The highest BCUT2D eigenvalue weighted by Gasteiger charge is 2.20. The topological polar surface area (TPSA) is 50.1 Å². The van der Waals surface area contributed by atoms with Crippen molar-refractivity contribution in [2.75, 3.05) is 4.72 Å². The Morgan fingerprint density at radius 1 is 1.05 bits per heavy atom. The van der Waals surface area contributed by atoms with Crippen molar-refractivity contribution >= 4 is 15.8 Å². The molecular weight excluding hydrogens is 328 g/mol. The molecule has 0 saturated heterocycles. The predicted molar refractivity (Wildman–Crippen MR) is 69.6 cm³/mol. The summed E-state index contributed by atoms with van der Waals surface area (Å²) in [5.74, 6) is 0.559. The number of anilines is 1. The van der Waals surface area contributed by atoms with Crippen molar-refractivity contribution in [2.24, 2.45) is 0 Å². The molecule has 2 aromatic rings. The molecule has 4 nitrogen and oxygen atoms in total. The van der Waals surface area contributed by atoms with Gasteiger partial charge < -0.3 is 17.0 Å². The highest BCUT2D eigenvalue weighted by Crippen LogP contribution is 2.12. The van der Waals surface area contributed by atoms with E-state index in [-0.39, 0.29) is 21.9 Å². The normalized spacial score (nSPS) is 10.6. The van der Waals surface area contributed by atoms with Gasteiger partial charge in [-0.25, -0.2) is 4.57 Å². The Labute approximate surface area is 123 Å². The second-order valence-corrected chi connectivity index (χ2v) is 5.47. The van der Waals surface area contributed by atoms with Crippen molar-refractivity contribution in [2.45, 2.75) is 18.4 Å². The van der Waals surface area contributed by atoms with Gasteiger partial charge in [-0.2, -0.15) is 13.1 Å². The molecule has 0 saturated carbocycles. The van der Waals surface area contributed by atoms with Crippen LogP contribution in [0.2, 0.25) is 0 Å². The number of pyridine rings is 1. The lowest BCUT2D eigenvalue weighted by Gasteiger charge is -2.05. The van der Waals surface area contributed by atoms with Crippen LogP contribution < -0.4 is 26.3 Å². The van der Waals surface area contributed by atoms with Gasteiger partial charge in [-0.15, -0.1) is 0 Å². The van der Waals surface area contributed by atoms with Crippen LogP contribution in [-0.2, 0) is 16.6 Å². The maximum Gasteiger partial charge on any atom is 0.328 e. The first-order chi connectivity index (χ1) is 8.63. The fraction of sp³-hybridized carbons (Fsp3) is 0.154.